The Hall–Kier alpha value is -0.0400. The van der Waals surface area contributed by atoms with Gasteiger partial charge in [-0.3, -0.25) is 0 Å². The number of fused-ring (bicyclic) bond motifs is 1. The molecule has 4 aliphatic rings. The van der Waals surface area contributed by atoms with Crippen molar-refractivity contribution in [1.82, 2.24) is 0 Å². The van der Waals surface area contributed by atoms with Crippen LogP contribution in [0.1, 0.15) is 53.4 Å². The van der Waals surface area contributed by atoms with Gasteiger partial charge in [-0.25, -0.2) is 0 Å². The molecule has 1 nitrogen and oxygen atoms in total. The van der Waals surface area contributed by atoms with Crippen LogP contribution in [0.15, 0.2) is 0 Å². The number of hydrogen-bond donors (Lipinski definition) is 0. The molecular weight excluding hydrogens is 206 g/mol. The standard InChI is InChI=1S/C16H28N/c1-10(2)11-7-15(3)9-16(4)8-12(11)13(15)6-14(16)17-5/h10-14H,6-9H2,1-5H3/q-1/t11-,12+,13+,14+,15+,16-/m1/s1. The minimum atomic E-state index is 0.520. The van der Waals surface area contributed by atoms with Gasteiger partial charge in [0.25, 0.3) is 0 Å². The predicted octanol–water partition coefficient (Wildman–Crippen LogP) is 4.48. The van der Waals surface area contributed by atoms with Gasteiger partial charge in [-0.2, -0.15) is 7.05 Å². The van der Waals surface area contributed by atoms with Crippen LogP contribution in [0.25, 0.3) is 5.32 Å². The van der Waals surface area contributed by atoms with Crippen LogP contribution < -0.4 is 0 Å². The molecule has 0 N–H and O–H groups in total. The SMILES string of the molecule is C[N-][C@H]1C[C@H]2[C@H]3C[C@]1(C)C[C@]2(C)C[C@@H]3C(C)C. The molecule has 0 amide bonds. The molecule has 17 heavy (non-hydrogen) atoms. The second-order valence-corrected chi connectivity index (χ2v) is 8.08. The molecule has 0 radical (unpaired) electrons. The Kier molecular flexibility index (Phi) is 2.47. The van der Waals surface area contributed by atoms with Crippen molar-refractivity contribution in [1.29, 1.82) is 0 Å². The first-order chi connectivity index (χ1) is 7.89. The van der Waals surface area contributed by atoms with Crippen molar-refractivity contribution in [2.75, 3.05) is 7.05 Å². The van der Waals surface area contributed by atoms with Gasteiger partial charge in [0.05, 0.1) is 0 Å². The largest absolute Gasteiger partial charge is 0.662 e. The summed E-state index contributed by atoms with van der Waals surface area (Å²) in [6.07, 6.45) is 5.77. The van der Waals surface area contributed by atoms with Crippen molar-refractivity contribution in [3.63, 3.8) is 0 Å². The van der Waals surface area contributed by atoms with Crippen molar-refractivity contribution in [3.8, 4) is 0 Å². The summed E-state index contributed by atoms with van der Waals surface area (Å²) in [6, 6.07) is 0.655. The summed E-state index contributed by atoms with van der Waals surface area (Å²) in [5.74, 6) is 3.86. The Balaban J connectivity index is 1.94. The van der Waals surface area contributed by atoms with Crippen molar-refractivity contribution < 1.29 is 0 Å². The summed E-state index contributed by atoms with van der Waals surface area (Å²) in [4.78, 5) is 0. The topological polar surface area (TPSA) is 14.1 Å². The highest BCUT2D eigenvalue weighted by atomic mass is 14.9. The average Bonchev–Trinajstić information content (AvgIpc) is 2.43. The molecule has 4 rings (SSSR count). The fraction of sp³-hybridized carbons (Fsp3) is 1.00. The van der Waals surface area contributed by atoms with Crippen molar-refractivity contribution >= 4 is 0 Å². The molecule has 0 aliphatic heterocycles. The fourth-order valence-corrected chi connectivity index (χ4v) is 6.07. The van der Waals surface area contributed by atoms with E-state index in [4.69, 9.17) is 5.32 Å². The van der Waals surface area contributed by atoms with Crippen molar-refractivity contribution in [2.24, 2.45) is 34.5 Å². The molecular formula is C16H28N-. The zero-order valence-electron chi connectivity index (χ0n) is 12.2. The second kappa shape index (κ2) is 3.50. The maximum Gasteiger partial charge on any atom is -0.0288 e. The highest BCUT2D eigenvalue weighted by Gasteiger charge is 2.62. The van der Waals surface area contributed by atoms with Gasteiger partial charge in [0.15, 0.2) is 0 Å². The van der Waals surface area contributed by atoms with Crippen LogP contribution >= 0.6 is 0 Å². The Bertz CT molecular complexity index is 323. The molecule has 0 saturated heterocycles. The molecule has 6 atom stereocenters. The van der Waals surface area contributed by atoms with Gasteiger partial charge in [-0.1, -0.05) is 34.1 Å². The lowest BCUT2D eigenvalue weighted by Gasteiger charge is -2.63. The molecule has 4 bridgehead atoms. The van der Waals surface area contributed by atoms with E-state index in [0.29, 0.717) is 16.9 Å². The van der Waals surface area contributed by atoms with E-state index < -0.39 is 0 Å². The molecule has 4 fully saturated rings. The van der Waals surface area contributed by atoms with E-state index in [1.165, 1.54) is 25.7 Å². The number of hydrogen-bond acceptors (Lipinski definition) is 0. The van der Waals surface area contributed by atoms with Gasteiger partial charge in [0.1, 0.15) is 0 Å². The Morgan fingerprint density at radius 3 is 2.35 bits per heavy atom. The third-order valence-electron chi connectivity index (χ3n) is 6.62. The Labute approximate surface area is 107 Å². The maximum atomic E-state index is 4.70. The van der Waals surface area contributed by atoms with Crippen LogP contribution in [-0.2, 0) is 0 Å². The van der Waals surface area contributed by atoms with Crippen LogP contribution in [0.2, 0.25) is 0 Å². The summed E-state index contributed by atoms with van der Waals surface area (Å²) in [7, 11) is 2.04. The first-order valence-electron chi connectivity index (χ1n) is 7.48. The first kappa shape index (κ1) is 12.0. The minimum absolute atomic E-state index is 0.520. The zero-order valence-corrected chi connectivity index (χ0v) is 12.2. The van der Waals surface area contributed by atoms with Gasteiger partial charge in [0, 0.05) is 0 Å². The van der Waals surface area contributed by atoms with Crippen molar-refractivity contribution in [2.45, 2.75) is 59.4 Å². The van der Waals surface area contributed by atoms with Crippen molar-refractivity contribution in [3.05, 3.63) is 5.32 Å². The molecule has 0 aromatic carbocycles. The van der Waals surface area contributed by atoms with Crippen LogP contribution in [0, 0.1) is 34.5 Å². The van der Waals surface area contributed by atoms with Crippen LogP contribution in [0.3, 0.4) is 0 Å². The monoisotopic (exact) mass is 234 g/mol. The van der Waals surface area contributed by atoms with E-state index in [2.05, 4.69) is 27.7 Å². The van der Waals surface area contributed by atoms with E-state index in [1.807, 2.05) is 7.05 Å². The minimum Gasteiger partial charge on any atom is -0.662 e. The van der Waals surface area contributed by atoms with E-state index in [0.717, 1.165) is 23.7 Å². The quantitative estimate of drug-likeness (QED) is 0.669. The normalized spacial score (nSPS) is 56.8. The summed E-state index contributed by atoms with van der Waals surface area (Å²) in [5, 5.41) is 4.70. The van der Waals surface area contributed by atoms with Gasteiger partial charge in [0.2, 0.25) is 0 Å². The fourth-order valence-electron chi connectivity index (χ4n) is 6.07. The highest BCUT2D eigenvalue weighted by Crippen LogP contribution is 2.70. The van der Waals surface area contributed by atoms with Gasteiger partial charge < -0.3 is 5.32 Å². The third kappa shape index (κ3) is 1.47. The number of rotatable bonds is 2. The molecule has 1 heteroatoms. The smallest absolute Gasteiger partial charge is 0.0288 e. The van der Waals surface area contributed by atoms with Gasteiger partial charge in [-0.15, -0.1) is 6.04 Å². The second-order valence-electron chi connectivity index (χ2n) is 8.08. The summed E-state index contributed by atoms with van der Waals surface area (Å²) < 4.78 is 0. The molecule has 4 aliphatic carbocycles. The number of nitrogens with zero attached hydrogens (tertiary/aromatic N) is 1. The molecule has 4 saturated carbocycles. The lowest BCUT2D eigenvalue weighted by atomic mass is 9.49. The lowest BCUT2D eigenvalue weighted by Crippen LogP contribution is -2.53. The van der Waals surface area contributed by atoms with Crippen LogP contribution in [-0.4, -0.2) is 13.1 Å². The molecule has 0 unspecified atom stereocenters. The average molecular weight is 234 g/mol. The molecule has 0 heterocycles. The Morgan fingerprint density at radius 1 is 1.12 bits per heavy atom. The highest BCUT2D eigenvalue weighted by molar-refractivity contribution is 5.18. The van der Waals surface area contributed by atoms with E-state index in [1.54, 1.807) is 0 Å². The maximum absolute atomic E-state index is 4.70. The zero-order chi connectivity index (χ0) is 12.4. The van der Waals surface area contributed by atoms with Gasteiger partial charge >= 0.3 is 0 Å². The van der Waals surface area contributed by atoms with E-state index >= 15 is 0 Å². The molecule has 98 valence electrons. The van der Waals surface area contributed by atoms with E-state index in [-0.39, 0.29) is 0 Å². The predicted molar refractivity (Wildman–Crippen MR) is 73.1 cm³/mol. The third-order valence-corrected chi connectivity index (χ3v) is 6.62. The van der Waals surface area contributed by atoms with Crippen LogP contribution in [0.5, 0.6) is 0 Å². The summed E-state index contributed by atoms with van der Waals surface area (Å²) >= 11 is 0. The molecule has 0 aromatic heterocycles. The molecule has 0 spiro atoms. The lowest BCUT2D eigenvalue weighted by molar-refractivity contribution is -0.0516. The first-order valence-corrected chi connectivity index (χ1v) is 7.48. The van der Waals surface area contributed by atoms with E-state index in [9.17, 15) is 0 Å². The Morgan fingerprint density at radius 2 is 1.82 bits per heavy atom. The summed E-state index contributed by atoms with van der Waals surface area (Å²) in [5.41, 5.74) is 1.17. The van der Waals surface area contributed by atoms with Gasteiger partial charge in [-0.05, 0) is 53.8 Å². The molecule has 0 aromatic rings. The summed E-state index contributed by atoms with van der Waals surface area (Å²) in [6.45, 7) is 9.98. The van der Waals surface area contributed by atoms with Crippen LogP contribution in [0.4, 0.5) is 0 Å².